The monoisotopic (exact) mass is 323 g/mol. The fourth-order valence-electron chi connectivity index (χ4n) is 2.42. The van der Waals surface area contributed by atoms with Crippen LogP contribution in [0.25, 0.3) is 0 Å². The van der Waals surface area contributed by atoms with E-state index in [1.807, 2.05) is 0 Å². The number of thioether (sulfide) groups is 1. The number of rotatable bonds is 2. The van der Waals surface area contributed by atoms with Crippen LogP contribution in [-0.2, 0) is 0 Å². The molecule has 1 amide bonds. The number of carbonyl (C=O) groups is 1. The molecule has 2 aromatic rings. The minimum absolute atomic E-state index is 0.224. The van der Waals surface area contributed by atoms with Crippen molar-refractivity contribution >= 4 is 17.7 Å². The summed E-state index contributed by atoms with van der Waals surface area (Å²) in [4.78, 5) is 13.1. The van der Waals surface area contributed by atoms with E-state index in [1.165, 1.54) is 12.1 Å². The summed E-state index contributed by atoms with van der Waals surface area (Å²) in [6, 6.07) is 6.84. The average molecular weight is 323 g/mol. The summed E-state index contributed by atoms with van der Waals surface area (Å²) in [5.74, 6) is -1.90. The molecular weight excluding hydrogens is 311 g/mol. The predicted molar refractivity (Wildman–Crippen MR) is 78.3 cm³/mol. The maximum absolute atomic E-state index is 13.7. The summed E-state index contributed by atoms with van der Waals surface area (Å²) in [5.41, 5.74) is 0.463. The summed E-state index contributed by atoms with van der Waals surface area (Å²) in [6.45, 7) is 0. The van der Waals surface area contributed by atoms with Gasteiger partial charge in [0, 0.05) is 16.7 Å². The van der Waals surface area contributed by atoms with Crippen LogP contribution in [0.1, 0.15) is 28.4 Å². The molecule has 1 aliphatic rings. The van der Waals surface area contributed by atoms with Crippen molar-refractivity contribution < 1.29 is 18.0 Å². The van der Waals surface area contributed by atoms with Gasteiger partial charge in [-0.05, 0) is 42.3 Å². The third-order valence-electron chi connectivity index (χ3n) is 3.49. The molecule has 6 heteroatoms. The summed E-state index contributed by atoms with van der Waals surface area (Å²) >= 11 is 1.59. The quantitative estimate of drug-likeness (QED) is 0.902. The Morgan fingerprint density at radius 2 is 1.82 bits per heavy atom. The number of hydrogen-bond donors (Lipinski definition) is 1. The lowest BCUT2D eigenvalue weighted by molar-refractivity contribution is 0.0930. The van der Waals surface area contributed by atoms with Gasteiger partial charge in [-0.15, -0.1) is 11.8 Å². The highest BCUT2D eigenvalue weighted by Crippen LogP contribution is 2.36. The van der Waals surface area contributed by atoms with E-state index in [2.05, 4.69) is 5.32 Å². The topological polar surface area (TPSA) is 29.1 Å². The Morgan fingerprint density at radius 3 is 2.59 bits per heavy atom. The minimum Gasteiger partial charge on any atom is -0.345 e. The minimum atomic E-state index is -0.915. The lowest BCUT2D eigenvalue weighted by atomic mass is 10.0. The van der Waals surface area contributed by atoms with Crippen LogP contribution in [0.2, 0.25) is 0 Å². The second kappa shape index (κ2) is 6.04. The van der Waals surface area contributed by atoms with Gasteiger partial charge in [-0.25, -0.2) is 13.2 Å². The molecule has 0 aromatic heterocycles. The lowest BCUT2D eigenvalue weighted by Crippen LogP contribution is -2.31. The molecule has 1 atom stereocenters. The zero-order valence-electron chi connectivity index (χ0n) is 11.4. The van der Waals surface area contributed by atoms with E-state index in [-0.39, 0.29) is 17.4 Å². The Morgan fingerprint density at radius 1 is 1.09 bits per heavy atom. The van der Waals surface area contributed by atoms with E-state index >= 15 is 0 Å². The first-order chi connectivity index (χ1) is 10.5. The molecule has 0 bridgehead atoms. The maximum atomic E-state index is 13.7. The Kier molecular flexibility index (Phi) is 4.11. The van der Waals surface area contributed by atoms with Crippen LogP contribution in [0.15, 0.2) is 41.3 Å². The number of nitrogens with one attached hydrogen (secondary N) is 1. The summed E-state index contributed by atoms with van der Waals surface area (Å²) < 4.78 is 40.0. The molecule has 1 heterocycles. The Hall–Kier alpha value is -1.95. The second-order valence-corrected chi connectivity index (χ2v) is 6.11. The van der Waals surface area contributed by atoms with Crippen LogP contribution >= 0.6 is 11.8 Å². The van der Waals surface area contributed by atoms with Gasteiger partial charge in [-0.2, -0.15) is 0 Å². The third kappa shape index (κ3) is 2.97. The first kappa shape index (κ1) is 15.0. The molecule has 0 saturated heterocycles. The van der Waals surface area contributed by atoms with E-state index in [1.54, 1.807) is 17.8 Å². The fraction of sp³-hybridized carbons (Fsp3) is 0.188. The van der Waals surface area contributed by atoms with Crippen molar-refractivity contribution in [3.63, 3.8) is 0 Å². The second-order valence-electron chi connectivity index (χ2n) is 4.97. The zero-order chi connectivity index (χ0) is 15.7. The number of fused-ring (bicyclic) bond motifs is 1. The molecule has 1 aliphatic heterocycles. The van der Waals surface area contributed by atoms with Crippen LogP contribution in [0.3, 0.4) is 0 Å². The van der Waals surface area contributed by atoms with Crippen molar-refractivity contribution in [2.24, 2.45) is 0 Å². The SMILES string of the molecule is O=C(N[C@@H]1CCSc2ccc(F)cc21)c1ccc(F)cc1F. The maximum Gasteiger partial charge on any atom is 0.254 e. The smallest absolute Gasteiger partial charge is 0.254 e. The lowest BCUT2D eigenvalue weighted by Gasteiger charge is -2.26. The molecule has 0 radical (unpaired) electrons. The van der Waals surface area contributed by atoms with E-state index in [0.717, 1.165) is 22.8 Å². The molecule has 0 aliphatic carbocycles. The van der Waals surface area contributed by atoms with Crippen LogP contribution in [0.5, 0.6) is 0 Å². The molecule has 0 unspecified atom stereocenters. The van der Waals surface area contributed by atoms with Crippen molar-refractivity contribution in [2.45, 2.75) is 17.4 Å². The van der Waals surface area contributed by atoms with Gasteiger partial charge in [0.15, 0.2) is 0 Å². The Labute approximate surface area is 129 Å². The van der Waals surface area contributed by atoms with Crippen molar-refractivity contribution in [2.75, 3.05) is 5.75 Å². The van der Waals surface area contributed by atoms with Crippen LogP contribution in [0.4, 0.5) is 13.2 Å². The highest BCUT2D eigenvalue weighted by atomic mass is 32.2. The van der Waals surface area contributed by atoms with Crippen molar-refractivity contribution in [3.05, 3.63) is 65.0 Å². The van der Waals surface area contributed by atoms with Gasteiger partial charge in [0.05, 0.1) is 11.6 Å². The van der Waals surface area contributed by atoms with Gasteiger partial charge in [0.2, 0.25) is 0 Å². The van der Waals surface area contributed by atoms with Gasteiger partial charge < -0.3 is 5.32 Å². The molecule has 0 saturated carbocycles. The molecule has 0 spiro atoms. The summed E-state index contributed by atoms with van der Waals surface area (Å²) in [6.07, 6.45) is 0.621. The first-order valence-electron chi connectivity index (χ1n) is 6.73. The van der Waals surface area contributed by atoms with Crippen molar-refractivity contribution in [1.29, 1.82) is 0 Å². The van der Waals surface area contributed by atoms with Gasteiger partial charge in [-0.1, -0.05) is 0 Å². The molecule has 1 N–H and O–H groups in total. The predicted octanol–water partition coefficient (Wildman–Crippen LogP) is 4.07. The van der Waals surface area contributed by atoms with E-state index in [9.17, 15) is 18.0 Å². The molecule has 2 nitrogen and oxygen atoms in total. The molecule has 2 aromatic carbocycles. The number of benzene rings is 2. The zero-order valence-corrected chi connectivity index (χ0v) is 12.2. The van der Waals surface area contributed by atoms with Crippen LogP contribution in [-0.4, -0.2) is 11.7 Å². The number of hydrogen-bond acceptors (Lipinski definition) is 2. The molecule has 3 rings (SSSR count). The van der Waals surface area contributed by atoms with Crippen LogP contribution in [0, 0.1) is 17.5 Å². The van der Waals surface area contributed by atoms with Crippen molar-refractivity contribution in [3.8, 4) is 0 Å². The van der Waals surface area contributed by atoms with E-state index in [4.69, 9.17) is 0 Å². The van der Waals surface area contributed by atoms with Gasteiger partial charge in [0.25, 0.3) is 5.91 Å². The molecule has 114 valence electrons. The highest BCUT2D eigenvalue weighted by Gasteiger charge is 2.24. The normalized spacial score (nSPS) is 17.0. The summed E-state index contributed by atoms with van der Waals surface area (Å²) in [5, 5.41) is 2.70. The van der Waals surface area contributed by atoms with E-state index in [0.29, 0.717) is 18.1 Å². The van der Waals surface area contributed by atoms with Gasteiger partial charge in [-0.3, -0.25) is 4.79 Å². The number of halogens is 3. The summed E-state index contributed by atoms with van der Waals surface area (Å²) in [7, 11) is 0. The number of carbonyl (C=O) groups excluding carboxylic acids is 1. The molecular formula is C16H12F3NOS. The first-order valence-corrected chi connectivity index (χ1v) is 7.71. The van der Waals surface area contributed by atoms with Gasteiger partial charge >= 0.3 is 0 Å². The third-order valence-corrected chi connectivity index (χ3v) is 4.62. The Balaban J connectivity index is 1.85. The highest BCUT2D eigenvalue weighted by molar-refractivity contribution is 7.99. The standard InChI is InChI=1S/C16H12F3NOS/c17-9-2-4-15-12(7-9)14(5-6-22-15)20-16(21)11-3-1-10(18)8-13(11)19/h1-4,7-8,14H,5-6H2,(H,20,21)/t14-/m1/s1. The largest absolute Gasteiger partial charge is 0.345 e. The van der Waals surface area contributed by atoms with Crippen LogP contribution < -0.4 is 5.32 Å². The molecule has 22 heavy (non-hydrogen) atoms. The number of amides is 1. The van der Waals surface area contributed by atoms with Gasteiger partial charge in [0.1, 0.15) is 17.5 Å². The van der Waals surface area contributed by atoms with E-state index < -0.39 is 17.5 Å². The fourth-order valence-corrected chi connectivity index (χ4v) is 3.53. The molecule has 0 fully saturated rings. The average Bonchev–Trinajstić information content (AvgIpc) is 2.47. The Bertz CT molecular complexity index is 735. The van der Waals surface area contributed by atoms with Crippen molar-refractivity contribution in [1.82, 2.24) is 5.32 Å².